The minimum Gasteiger partial charge on any atom is -0.493 e. The molecule has 0 heterocycles. The second-order valence-corrected chi connectivity index (χ2v) is 6.90. The molecule has 1 aromatic rings. The third-order valence-corrected chi connectivity index (χ3v) is 3.94. The van der Waals surface area contributed by atoms with E-state index in [9.17, 15) is 4.79 Å². The maximum Gasteiger partial charge on any atom is 0.412 e. The van der Waals surface area contributed by atoms with Crippen molar-refractivity contribution >= 4 is 11.8 Å². The predicted octanol–water partition coefficient (Wildman–Crippen LogP) is 3.39. The summed E-state index contributed by atoms with van der Waals surface area (Å²) in [6, 6.07) is 3.71. The Balaban J connectivity index is 2.35. The van der Waals surface area contributed by atoms with Crippen molar-refractivity contribution in [3.8, 4) is 11.5 Å². The van der Waals surface area contributed by atoms with Gasteiger partial charge in [0, 0.05) is 5.54 Å². The van der Waals surface area contributed by atoms with E-state index in [1.165, 1.54) is 7.11 Å². The zero-order valence-corrected chi connectivity index (χ0v) is 14.5. The largest absolute Gasteiger partial charge is 0.493 e. The van der Waals surface area contributed by atoms with Crippen LogP contribution in [0.15, 0.2) is 12.1 Å². The Morgan fingerprint density at radius 1 is 1.22 bits per heavy atom. The molecule has 6 heteroatoms. The molecule has 0 aromatic heterocycles. The van der Waals surface area contributed by atoms with Gasteiger partial charge in [-0.25, -0.2) is 4.79 Å². The van der Waals surface area contributed by atoms with E-state index in [2.05, 4.69) is 5.32 Å². The van der Waals surface area contributed by atoms with Gasteiger partial charge in [0.15, 0.2) is 11.5 Å². The summed E-state index contributed by atoms with van der Waals surface area (Å²) >= 11 is 0. The molecule has 0 unspecified atom stereocenters. The van der Waals surface area contributed by atoms with Gasteiger partial charge in [-0.1, -0.05) is 0 Å². The third kappa shape index (κ3) is 3.88. The average molecular weight is 322 g/mol. The van der Waals surface area contributed by atoms with E-state index in [-0.39, 0.29) is 5.54 Å². The minimum absolute atomic E-state index is 0.371. The number of carbonyl (C=O) groups is 1. The summed E-state index contributed by atoms with van der Waals surface area (Å²) in [7, 11) is 3.09. The molecule has 0 aliphatic heterocycles. The van der Waals surface area contributed by atoms with Gasteiger partial charge in [0.25, 0.3) is 0 Å². The Labute approximate surface area is 137 Å². The summed E-state index contributed by atoms with van der Waals surface area (Å²) < 4.78 is 16.1. The zero-order valence-electron chi connectivity index (χ0n) is 14.5. The summed E-state index contributed by atoms with van der Waals surface area (Å²) in [5.74, 6) is 0.984. The third-order valence-electron chi connectivity index (χ3n) is 3.94. The molecule has 1 fully saturated rings. The lowest BCUT2D eigenvalue weighted by atomic mass is 9.72. The monoisotopic (exact) mass is 322 g/mol. The second-order valence-electron chi connectivity index (χ2n) is 6.90. The number of carbonyl (C=O) groups excluding carboxylic acids is 1. The van der Waals surface area contributed by atoms with Gasteiger partial charge < -0.3 is 19.9 Å². The SMILES string of the molecule is COc1cc(C2(N)CCC2)cc(NC(=O)OC(C)(C)C)c1OC. The van der Waals surface area contributed by atoms with Crippen LogP contribution in [0.4, 0.5) is 10.5 Å². The van der Waals surface area contributed by atoms with Crippen LogP contribution in [0.25, 0.3) is 0 Å². The lowest BCUT2D eigenvalue weighted by Gasteiger charge is -2.39. The number of rotatable bonds is 4. The van der Waals surface area contributed by atoms with Gasteiger partial charge in [0.1, 0.15) is 5.60 Å². The van der Waals surface area contributed by atoms with Crippen LogP contribution in [-0.4, -0.2) is 25.9 Å². The Hall–Kier alpha value is -1.95. The summed E-state index contributed by atoms with van der Waals surface area (Å²) in [4.78, 5) is 12.1. The van der Waals surface area contributed by atoms with E-state index >= 15 is 0 Å². The number of benzene rings is 1. The summed E-state index contributed by atoms with van der Waals surface area (Å²) in [6.45, 7) is 5.43. The molecule has 1 amide bonds. The van der Waals surface area contributed by atoms with E-state index in [1.807, 2.05) is 32.9 Å². The fourth-order valence-electron chi connectivity index (χ4n) is 2.60. The molecule has 0 bridgehead atoms. The quantitative estimate of drug-likeness (QED) is 0.888. The van der Waals surface area contributed by atoms with Crippen LogP contribution in [0.1, 0.15) is 45.6 Å². The van der Waals surface area contributed by atoms with E-state index in [0.29, 0.717) is 17.2 Å². The predicted molar refractivity (Wildman–Crippen MR) is 89.1 cm³/mol. The molecule has 23 heavy (non-hydrogen) atoms. The first-order chi connectivity index (χ1) is 10.7. The van der Waals surface area contributed by atoms with Gasteiger partial charge in [-0.2, -0.15) is 0 Å². The number of anilines is 1. The van der Waals surface area contributed by atoms with Crippen LogP contribution >= 0.6 is 0 Å². The molecule has 3 N–H and O–H groups in total. The summed E-state index contributed by atoms with van der Waals surface area (Å²) in [5, 5.41) is 2.73. The Bertz CT molecular complexity index is 589. The highest BCUT2D eigenvalue weighted by Gasteiger charge is 2.36. The normalized spacial score (nSPS) is 16.3. The van der Waals surface area contributed by atoms with Crippen molar-refractivity contribution in [2.24, 2.45) is 5.73 Å². The molecule has 2 rings (SSSR count). The topological polar surface area (TPSA) is 82.8 Å². The first kappa shape index (κ1) is 17.4. The number of hydrogen-bond acceptors (Lipinski definition) is 5. The standard InChI is InChI=1S/C17H26N2O4/c1-16(2,3)23-15(20)19-12-9-11(17(18)7-6-8-17)10-13(21-4)14(12)22-5/h9-10H,6-8,18H2,1-5H3,(H,19,20). The second kappa shape index (κ2) is 6.28. The van der Waals surface area contributed by atoms with Gasteiger partial charge in [-0.05, 0) is 57.7 Å². The van der Waals surface area contributed by atoms with E-state index in [4.69, 9.17) is 19.9 Å². The Kier molecular flexibility index (Phi) is 4.75. The van der Waals surface area contributed by atoms with Crippen molar-refractivity contribution in [3.63, 3.8) is 0 Å². The number of nitrogens with two attached hydrogens (primary N) is 1. The molecular weight excluding hydrogens is 296 g/mol. The van der Waals surface area contributed by atoms with Crippen LogP contribution in [0.2, 0.25) is 0 Å². The molecule has 1 aliphatic rings. The molecule has 0 radical (unpaired) electrons. The Morgan fingerprint density at radius 3 is 2.30 bits per heavy atom. The van der Waals surface area contributed by atoms with Crippen LogP contribution < -0.4 is 20.5 Å². The van der Waals surface area contributed by atoms with E-state index in [1.54, 1.807) is 7.11 Å². The van der Waals surface area contributed by atoms with Crippen molar-refractivity contribution in [1.29, 1.82) is 0 Å². The smallest absolute Gasteiger partial charge is 0.412 e. The highest BCUT2D eigenvalue weighted by Crippen LogP contribution is 2.45. The van der Waals surface area contributed by atoms with E-state index in [0.717, 1.165) is 24.8 Å². The molecule has 1 saturated carbocycles. The maximum absolute atomic E-state index is 12.1. The van der Waals surface area contributed by atoms with Crippen molar-refractivity contribution < 1.29 is 19.0 Å². The van der Waals surface area contributed by atoms with Crippen molar-refractivity contribution in [3.05, 3.63) is 17.7 Å². The lowest BCUT2D eigenvalue weighted by Crippen LogP contribution is -2.43. The van der Waals surface area contributed by atoms with Crippen LogP contribution in [-0.2, 0) is 10.3 Å². The molecule has 0 spiro atoms. The zero-order chi connectivity index (χ0) is 17.3. The van der Waals surface area contributed by atoms with Crippen LogP contribution in [0.5, 0.6) is 11.5 Å². The van der Waals surface area contributed by atoms with Gasteiger partial charge in [0.2, 0.25) is 0 Å². The highest BCUT2D eigenvalue weighted by molar-refractivity contribution is 5.88. The maximum atomic E-state index is 12.1. The summed E-state index contributed by atoms with van der Waals surface area (Å²) in [6.07, 6.45) is 2.37. The lowest BCUT2D eigenvalue weighted by molar-refractivity contribution is 0.0635. The van der Waals surface area contributed by atoms with E-state index < -0.39 is 11.7 Å². The van der Waals surface area contributed by atoms with Gasteiger partial charge in [0.05, 0.1) is 19.9 Å². The average Bonchev–Trinajstić information content (AvgIpc) is 2.41. The van der Waals surface area contributed by atoms with Gasteiger partial charge in [-0.3, -0.25) is 5.32 Å². The van der Waals surface area contributed by atoms with Crippen molar-refractivity contribution in [2.45, 2.75) is 51.2 Å². The number of amides is 1. The van der Waals surface area contributed by atoms with Gasteiger partial charge in [-0.15, -0.1) is 0 Å². The molecule has 0 atom stereocenters. The number of ether oxygens (including phenoxy) is 3. The van der Waals surface area contributed by atoms with Crippen LogP contribution in [0.3, 0.4) is 0 Å². The molecule has 0 saturated heterocycles. The fourth-order valence-corrected chi connectivity index (χ4v) is 2.60. The molecule has 1 aliphatic carbocycles. The highest BCUT2D eigenvalue weighted by atomic mass is 16.6. The molecular formula is C17H26N2O4. The summed E-state index contributed by atoms with van der Waals surface area (Å²) in [5.41, 5.74) is 6.86. The minimum atomic E-state index is -0.581. The van der Waals surface area contributed by atoms with Crippen LogP contribution in [0, 0.1) is 0 Å². The fraction of sp³-hybridized carbons (Fsp3) is 0.588. The van der Waals surface area contributed by atoms with Crippen molar-refractivity contribution in [2.75, 3.05) is 19.5 Å². The Morgan fingerprint density at radius 2 is 1.87 bits per heavy atom. The first-order valence-corrected chi connectivity index (χ1v) is 7.74. The number of nitrogens with one attached hydrogen (secondary N) is 1. The van der Waals surface area contributed by atoms with Crippen molar-refractivity contribution in [1.82, 2.24) is 0 Å². The van der Waals surface area contributed by atoms with Gasteiger partial charge >= 0.3 is 6.09 Å². The number of hydrogen-bond donors (Lipinski definition) is 2. The first-order valence-electron chi connectivity index (χ1n) is 7.74. The number of methoxy groups -OCH3 is 2. The molecule has 6 nitrogen and oxygen atoms in total. The molecule has 1 aromatic carbocycles. The molecule has 128 valence electrons.